The zero-order chi connectivity index (χ0) is 32.2. The molecule has 8 N–H and O–H groups in total. The Kier molecular flexibility index (Phi) is 10.0. The van der Waals surface area contributed by atoms with Crippen LogP contribution in [0.4, 0.5) is 5.13 Å². The Labute approximate surface area is 256 Å². The molecule has 2 aliphatic heterocycles. The van der Waals surface area contributed by atoms with Gasteiger partial charge in [0.15, 0.2) is 10.8 Å². The number of aryl methyl sites for hydroxylation is 1. The van der Waals surface area contributed by atoms with Gasteiger partial charge in [0, 0.05) is 10.4 Å². The maximum atomic E-state index is 13.1. The first kappa shape index (κ1) is 32.6. The lowest BCUT2D eigenvalue weighted by Crippen LogP contribution is -2.71. The number of piperidine rings is 1. The molecule has 3 atom stereocenters. The number of aromatic nitrogens is 1. The van der Waals surface area contributed by atoms with Gasteiger partial charge in [0.05, 0.1) is 12.1 Å². The lowest BCUT2D eigenvalue weighted by molar-refractivity contribution is -0.152. The second-order valence-electron chi connectivity index (χ2n) is 9.96. The number of oxime groups is 1. The Balaban J connectivity index is 1.45. The number of rotatable bonds is 12. The van der Waals surface area contributed by atoms with Gasteiger partial charge in [-0.05, 0) is 64.0 Å². The molecule has 1 unspecified atom stereocenters. The maximum absolute atomic E-state index is 13.1. The van der Waals surface area contributed by atoms with E-state index in [0.717, 1.165) is 37.3 Å². The largest absolute Gasteiger partial charge is 0.489 e. The predicted octanol–water partition coefficient (Wildman–Crippen LogP) is -0.738. The summed E-state index contributed by atoms with van der Waals surface area (Å²) in [5, 5.41) is 19.1. The molecule has 1 aromatic carbocycles. The SMILES string of the molecule is Cc1sc(N)nc1C(=NOC(COc1ccc(C(N)=NC2CCNCC2)cc1)C(=O)O)C(=O)N[C@@H]1C(=O)N(S(=O)(=O)O)[C@@H]1C. The van der Waals surface area contributed by atoms with Gasteiger partial charge < -0.3 is 36.8 Å². The third-order valence-corrected chi connectivity index (χ3v) is 8.66. The minimum atomic E-state index is -4.83. The van der Waals surface area contributed by atoms with Gasteiger partial charge in [-0.15, -0.1) is 11.3 Å². The number of amidine groups is 1. The molecule has 2 saturated heterocycles. The van der Waals surface area contributed by atoms with E-state index in [1.54, 1.807) is 31.2 Å². The Morgan fingerprint density at radius 3 is 2.48 bits per heavy atom. The number of benzene rings is 1. The molecule has 44 heavy (non-hydrogen) atoms. The summed E-state index contributed by atoms with van der Waals surface area (Å²) >= 11 is 1.02. The molecule has 0 radical (unpaired) electrons. The Bertz CT molecular complexity index is 1570. The van der Waals surface area contributed by atoms with Crippen LogP contribution in [0.5, 0.6) is 5.75 Å². The number of nitrogen functional groups attached to an aromatic ring is 1. The zero-order valence-electron chi connectivity index (χ0n) is 23.7. The molecule has 2 aliphatic rings. The van der Waals surface area contributed by atoms with Gasteiger partial charge in [-0.1, -0.05) is 5.16 Å². The molecule has 238 valence electrons. The number of hydrogen-bond donors (Lipinski definition) is 6. The first-order valence-electron chi connectivity index (χ1n) is 13.3. The first-order chi connectivity index (χ1) is 20.8. The number of aliphatic imine (C=N–C) groups is 1. The number of ether oxygens (including phenoxy) is 1. The molecule has 17 nitrogen and oxygen atoms in total. The molecular formula is C25H32N8O9S2. The number of nitrogens with one attached hydrogen (secondary N) is 2. The number of carboxylic acids is 1. The van der Waals surface area contributed by atoms with Crippen LogP contribution in [0, 0.1) is 6.92 Å². The first-order valence-corrected chi connectivity index (χ1v) is 15.6. The summed E-state index contributed by atoms with van der Waals surface area (Å²) in [4.78, 5) is 51.6. The van der Waals surface area contributed by atoms with Gasteiger partial charge in [0.2, 0.25) is 0 Å². The topological polar surface area (TPSA) is 261 Å². The minimum absolute atomic E-state index is 0.0413. The lowest BCUT2D eigenvalue weighted by Gasteiger charge is -2.42. The number of nitrogens with two attached hydrogens (primary N) is 2. The zero-order valence-corrected chi connectivity index (χ0v) is 25.3. The highest BCUT2D eigenvalue weighted by atomic mass is 32.2. The monoisotopic (exact) mass is 652 g/mol. The van der Waals surface area contributed by atoms with Crippen LogP contribution >= 0.6 is 11.3 Å². The van der Waals surface area contributed by atoms with E-state index in [9.17, 15) is 32.5 Å². The van der Waals surface area contributed by atoms with E-state index in [2.05, 4.69) is 25.8 Å². The number of hydrogen-bond acceptors (Lipinski definition) is 13. The maximum Gasteiger partial charge on any atom is 0.362 e. The van der Waals surface area contributed by atoms with Gasteiger partial charge in [-0.25, -0.2) is 14.1 Å². The second kappa shape index (κ2) is 13.5. The Morgan fingerprint density at radius 1 is 1.27 bits per heavy atom. The van der Waals surface area contributed by atoms with Crippen LogP contribution in [0.2, 0.25) is 0 Å². The molecular weight excluding hydrogens is 620 g/mol. The smallest absolute Gasteiger partial charge is 0.362 e. The molecule has 4 rings (SSSR count). The highest BCUT2D eigenvalue weighted by Gasteiger charge is 2.51. The lowest BCUT2D eigenvalue weighted by atomic mass is 10.0. The van der Waals surface area contributed by atoms with E-state index in [1.807, 2.05) is 0 Å². The normalized spacial score (nSPS) is 20.5. The number of thiazole rings is 1. The summed E-state index contributed by atoms with van der Waals surface area (Å²) < 4.78 is 37.8. The number of anilines is 1. The van der Waals surface area contributed by atoms with Crippen LogP contribution in [-0.2, 0) is 29.5 Å². The summed E-state index contributed by atoms with van der Waals surface area (Å²) in [6, 6.07) is 4.27. The summed E-state index contributed by atoms with van der Waals surface area (Å²) in [6.45, 7) is 4.12. The summed E-state index contributed by atoms with van der Waals surface area (Å²) in [7, 11) is -4.83. The molecule has 2 aromatic rings. The predicted molar refractivity (Wildman–Crippen MR) is 159 cm³/mol. The summed E-state index contributed by atoms with van der Waals surface area (Å²) in [5.41, 5.74) is 12.0. The molecule has 19 heteroatoms. The number of β-lactam (4-membered cyclic amide) rings is 1. The second-order valence-corrected chi connectivity index (χ2v) is 12.5. The average molecular weight is 653 g/mol. The fraction of sp³-hybridized carbons (Fsp3) is 0.440. The van der Waals surface area contributed by atoms with E-state index < -0.39 is 58.6 Å². The fourth-order valence-corrected chi connectivity index (χ4v) is 6.08. The van der Waals surface area contributed by atoms with Crippen molar-refractivity contribution in [3.63, 3.8) is 0 Å². The van der Waals surface area contributed by atoms with Crippen molar-refractivity contribution in [1.29, 1.82) is 0 Å². The van der Waals surface area contributed by atoms with Crippen LogP contribution in [0.15, 0.2) is 34.4 Å². The number of aliphatic carboxylic acids is 1. The molecule has 2 fully saturated rings. The van der Waals surface area contributed by atoms with Crippen molar-refractivity contribution in [3.05, 3.63) is 40.4 Å². The van der Waals surface area contributed by atoms with Crippen LogP contribution in [-0.4, -0.2) is 101 Å². The van der Waals surface area contributed by atoms with Crippen molar-refractivity contribution in [2.75, 3.05) is 25.4 Å². The van der Waals surface area contributed by atoms with Crippen molar-refractivity contribution in [2.24, 2.45) is 15.9 Å². The van der Waals surface area contributed by atoms with E-state index in [4.69, 9.17) is 21.0 Å². The van der Waals surface area contributed by atoms with Crippen LogP contribution in [0.25, 0.3) is 0 Å². The molecule has 1 aromatic heterocycles. The van der Waals surface area contributed by atoms with E-state index in [-0.39, 0.29) is 21.2 Å². The molecule has 2 amide bonds. The van der Waals surface area contributed by atoms with Crippen molar-refractivity contribution in [3.8, 4) is 5.75 Å². The number of carbonyl (C=O) groups excluding carboxylic acids is 2. The Hall–Kier alpha value is -4.33. The number of carbonyl (C=O) groups is 3. The Morgan fingerprint density at radius 2 is 1.93 bits per heavy atom. The van der Waals surface area contributed by atoms with E-state index in [0.29, 0.717) is 22.0 Å². The summed E-state index contributed by atoms with van der Waals surface area (Å²) in [6.07, 6.45) is 0.105. The molecule has 0 spiro atoms. The quantitative estimate of drug-likeness (QED) is 0.0543. The summed E-state index contributed by atoms with van der Waals surface area (Å²) in [5.74, 6) is -2.86. The van der Waals surface area contributed by atoms with Gasteiger partial charge in [-0.2, -0.15) is 8.42 Å². The number of nitrogens with zero attached hydrogens (tertiary/aromatic N) is 4. The van der Waals surface area contributed by atoms with Gasteiger partial charge in [-0.3, -0.25) is 19.1 Å². The van der Waals surface area contributed by atoms with Crippen molar-refractivity contribution in [2.45, 2.75) is 50.9 Å². The molecule has 0 bridgehead atoms. The minimum Gasteiger partial charge on any atom is -0.489 e. The molecule has 3 heterocycles. The molecule has 0 saturated carbocycles. The van der Waals surface area contributed by atoms with Crippen LogP contribution in [0.3, 0.4) is 0 Å². The number of amides is 2. The van der Waals surface area contributed by atoms with Gasteiger partial charge >= 0.3 is 16.3 Å². The van der Waals surface area contributed by atoms with Gasteiger partial charge in [0.25, 0.3) is 17.9 Å². The van der Waals surface area contributed by atoms with E-state index >= 15 is 0 Å². The molecule has 0 aliphatic carbocycles. The third kappa shape index (κ3) is 7.59. The number of carboxylic acid groups (broad SMARTS) is 1. The standard InChI is InChI=1S/C25H32N8O9S2/c1-12-18(23(35)33(12)44(38,39)40)30-22(34)20(19-13(2)43-25(27)31-19)32-42-17(24(36)37)11-41-16-5-3-14(4-6-16)21(26)29-15-7-9-28-10-8-15/h3-6,12,15,17-18,28H,7-11H2,1-2H3,(H2,26,29)(H2,27,31)(H,30,34)(H,36,37)(H,38,39,40)/t12-,17?,18+/m1/s1. The fourth-order valence-electron chi connectivity index (χ4n) is 4.51. The highest BCUT2D eigenvalue weighted by Crippen LogP contribution is 2.24. The van der Waals surface area contributed by atoms with Crippen molar-refractivity contribution >= 4 is 56.1 Å². The van der Waals surface area contributed by atoms with Crippen LogP contribution in [0.1, 0.15) is 35.9 Å². The van der Waals surface area contributed by atoms with Crippen molar-refractivity contribution in [1.82, 2.24) is 19.9 Å². The third-order valence-electron chi connectivity index (χ3n) is 6.85. The van der Waals surface area contributed by atoms with E-state index in [1.165, 1.54) is 6.92 Å². The van der Waals surface area contributed by atoms with Crippen LogP contribution < -0.4 is 26.8 Å². The average Bonchev–Trinajstić information content (AvgIpc) is 3.30. The van der Waals surface area contributed by atoms with Crippen molar-refractivity contribution < 1.29 is 42.0 Å². The highest BCUT2D eigenvalue weighted by molar-refractivity contribution is 7.84. The van der Waals surface area contributed by atoms with Gasteiger partial charge in [0.1, 0.15) is 29.9 Å².